The van der Waals surface area contributed by atoms with E-state index in [-0.39, 0.29) is 5.96 Å². The van der Waals surface area contributed by atoms with Crippen molar-refractivity contribution >= 4 is 11.9 Å². The molecule has 0 aromatic heterocycles. The van der Waals surface area contributed by atoms with Crippen LogP contribution in [0.5, 0.6) is 0 Å². The van der Waals surface area contributed by atoms with E-state index >= 15 is 0 Å². The Balaban J connectivity index is 3.44. The average molecular weight is 171 g/mol. The molecule has 0 heterocycles. The van der Waals surface area contributed by atoms with Crippen LogP contribution in [-0.4, -0.2) is 18.5 Å². The summed E-state index contributed by atoms with van der Waals surface area (Å²) in [6.45, 7) is 3.81. The van der Waals surface area contributed by atoms with E-state index in [9.17, 15) is 9.90 Å². The summed E-state index contributed by atoms with van der Waals surface area (Å²) in [6, 6.07) is 0. The molecular weight excluding hydrogens is 158 g/mol. The fraction of sp³-hybridized carbons (Fsp3) is 0.571. The smallest absolute Gasteiger partial charge is 0.185 e. The minimum Gasteiger partial charge on any atom is -0.545 e. The third-order valence-electron chi connectivity index (χ3n) is 1.34. The molecule has 0 spiro atoms. The number of rotatable bonds is 5. The molecule has 68 valence electrons. The largest absolute Gasteiger partial charge is 0.545 e. The number of carboxylic acids is 1. The lowest BCUT2D eigenvalue weighted by atomic mass is 10.1. The fourth-order valence-corrected chi connectivity index (χ4v) is 0.664. The second-order valence-corrected chi connectivity index (χ2v) is 2.46. The minimum absolute atomic E-state index is 0.0177. The van der Waals surface area contributed by atoms with Crippen LogP contribution in [0.25, 0.3) is 0 Å². The van der Waals surface area contributed by atoms with Crippen LogP contribution in [0.3, 0.4) is 0 Å². The standard InChI is InChI=1S/C7H13N3O2/c1-5(6(11)12)3-2-4-10-7(8)9/h5H,1-4H2,(H4-,8,9,10,11,12). The maximum absolute atomic E-state index is 10.2. The van der Waals surface area contributed by atoms with Crippen LogP contribution in [0.2, 0.25) is 0 Å². The third-order valence-corrected chi connectivity index (χ3v) is 1.34. The molecule has 0 aliphatic rings. The Labute approximate surface area is 71.5 Å². The van der Waals surface area contributed by atoms with Gasteiger partial charge in [0, 0.05) is 6.54 Å². The molecule has 0 bridgehead atoms. The Morgan fingerprint density at radius 3 is 2.58 bits per heavy atom. The second-order valence-electron chi connectivity index (χ2n) is 2.46. The predicted molar refractivity (Wildman–Crippen MR) is 43.8 cm³/mol. The molecule has 0 saturated heterocycles. The maximum Gasteiger partial charge on any atom is 0.185 e. The lowest BCUT2D eigenvalue weighted by Gasteiger charge is -2.04. The maximum atomic E-state index is 10.2. The van der Waals surface area contributed by atoms with Crippen LogP contribution < -0.4 is 16.6 Å². The van der Waals surface area contributed by atoms with Gasteiger partial charge in [-0.25, -0.2) is 0 Å². The number of carboxylic acid groups (broad SMARTS) is 1. The number of guanidine groups is 1. The molecule has 12 heavy (non-hydrogen) atoms. The lowest BCUT2D eigenvalue weighted by Crippen LogP contribution is -2.29. The van der Waals surface area contributed by atoms with Gasteiger partial charge in [-0.05, 0) is 12.8 Å². The monoisotopic (exact) mass is 171 g/mol. The summed E-state index contributed by atoms with van der Waals surface area (Å²) >= 11 is 0. The van der Waals surface area contributed by atoms with E-state index < -0.39 is 11.9 Å². The van der Waals surface area contributed by atoms with Crippen LogP contribution in [0, 0.1) is 12.8 Å². The van der Waals surface area contributed by atoms with Crippen molar-refractivity contribution in [3.05, 3.63) is 6.92 Å². The van der Waals surface area contributed by atoms with Crippen LogP contribution >= 0.6 is 0 Å². The molecule has 0 aliphatic heterocycles. The van der Waals surface area contributed by atoms with Crippen molar-refractivity contribution in [3.8, 4) is 0 Å². The van der Waals surface area contributed by atoms with Gasteiger partial charge in [0.15, 0.2) is 5.96 Å². The van der Waals surface area contributed by atoms with Crippen LogP contribution in [-0.2, 0) is 4.79 Å². The van der Waals surface area contributed by atoms with E-state index in [0.29, 0.717) is 19.4 Å². The van der Waals surface area contributed by atoms with E-state index in [1.807, 2.05) is 0 Å². The quantitative estimate of drug-likeness (QED) is 0.221. The number of nitrogens with zero attached hydrogens (tertiary/aromatic N) is 1. The highest BCUT2D eigenvalue weighted by Gasteiger charge is 2.08. The summed E-state index contributed by atoms with van der Waals surface area (Å²) in [4.78, 5) is 13.9. The fourth-order valence-electron chi connectivity index (χ4n) is 0.664. The Bertz CT molecular complexity index is 175. The zero-order chi connectivity index (χ0) is 9.56. The lowest BCUT2D eigenvalue weighted by molar-refractivity contribution is -0.310. The molecular formula is C7H13N3O2. The first-order chi connectivity index (χ1) is 5.54. The van der Waals surface area contributed by atoms with Gasteiger partial charge in [0.2, 0.25) is 0 Å². The SMILES string of the molecule is [CH2+]C(CCCN=C(N)N)C(=O)[O-]. The molecule has 0 rings (SSSR count). The summed E-state index contributed by atoms with van der Waals surface area (Å²) in [5.41, 5.74) is 10.1. The van der Waals surface area contributed by atoms with Crippen molar-refractivity contribution in [3.63, 3.8) is 0 Å². The van der Waals surface area contributed by atoms with Gasteiger partial charge >= 0.3 is 0 Å². The molecule has 4 N–H and O–H groups in total. The number of aliphatic carboxylic acids is 1. The molecule has 0 amide bonds. The number of hydrogen-bond donors (Lipinski definition) is 2. The van der Waals surface area contributed by atoms with Crippen LogP contribution in [0.1, 0.15) is 12.8 Å². The first-order valence-electron chi connectivity index (χ1n) is 3.63. The van der Waals surface area contributed by atoms with E-state index in [1.165, 1.54) is 0 Å². The molecule has 0 saturated carbocycles. The highest BCUT2D eigenvalue weighted by molar-refractivity contribution is 5.75. The molecule has 0 fully saturated rings. The van der Waals surface area contributed by atoms with Gasteiger partial charge in [0.1, 0.15) is 5.92 Å². The van der Waals surface area contributed by atoms with E-state index in [0.717, 1.165) is 0 Å². The number of hydrogen-bond acceptors (Lipinski definition) is 3. The van der Waals surface area contributed by atoms with E-state index in [2.05, 4.69) is 11.9 Å². The molecule has 0 aromatic rings. The van der Waals surface area contributed by atoms with Gasteiger partial charge in [0.05, 0.1) is 12.9 Å². The highest BCUT2D eigenvalue weighted by Crippen LogP contribution is 2.02. The van der Waals surface area contributed by atoms with Gasteiger partial charge < -0.3 is 21.4 Å². The molecule has 0 aromatic carbocycles. The normalized spacial score (nSPS) is 12.0. The van der Waals surface area contributed by atoms with E-state index in [1.54, 1.807) is 0 Å². The summed E-state index contributed by atoms with van der Waals surface area (Å²) in [7, 11) is 0. The first kappa shape index (κ1) is 10.6. The van der Waals surface area contributed by atoms with Gasteiger partial charge in [-0.2, -0.15) is 0 Å². The number of carbonyl (C=O) groups is 1. The van der Waals surface area contributed by atoms with Crippen molar-refractivity contribution in [2.75, 3.05) is 6.54 Å². The van der Waals surface area contributed by atoms with Crippen LogP contribution in [0.15, 0.2) is 4.99 Å². The third kappa shape index (κ3) is 5.40. The molecule has 0 radical (unpaired) electrons. The number of nitrogens with two attached hydrogens (primary N) is 2. The van der Waals surface area contributed by atoms with Gasteiger partial charge in [-0.1, -0.05) is 0 Å². The van der Waals surface area contributed by atoms with Gasteiger partial charge in [-0.3, -0.25) is 4.99 Å². The number of aliphatic imine (C=N–C) groups is 1. The van der Waals surface area contributed by atoms with Crippen molar-refractivity contribution in [1.82, 2.24) is 0 Å². The topological polar surface area (TPSA) is 105 Å². The zero-order valence-corrected chi connectivity index (χ0v) is 6.82. The Morgan fingerprint density at radius 1 is 1.58 bits per heavy atom. The van der Waals surface area contributed by atoms with Gasteiger partial charge in [-0.15, -0.1) is 0 Å². The minimum atomic E-state index is -1.14. The Morgan fingerprint density at radius 2 is 2.17 bits per heavy atom. The van der Waals surface area contributed by atoms with Crippen molar-refractivity contribution in [2.24, 2.45) is 22.4 Å². The molecule has 0 aliphatic carbocycles. The number of carbonyl (C=O) groups excluding carboxylic acids is 1. The molecule has 5 heteroatoms. The van der Waals surface area contributed by atoms with E-state index in [4.69, 9.17) is 11.5 Å². The average Bonchev–Trinajstić information content (AvgIpc) is 1.97. The summed E-state index contributed by atoms with van der Waals surface area (Å²) in [5.74, 6) is -1.80. The first-order valence-corrected chi connectivity index (χ1v) is 3.63. The Hall–Kier alpha value is -1.39. The molecule has 1 unspecified atom stereocenters. The van der Waals surface area contributed by atoms with Crippen molar-refractivity contribution in [1.29, 1.82) is 0 Å². The van der Waals surface area contributed by atoms with Crippen LogP contribution in [0.4, 0.5) is 0 Å². The summed E-state index contributed by atoms with van der Waals surface area (Å²) < 4.78 is 0. The summed E-state index contributed by atoms with van der Waals surface area (Å²) in [5, 5.41) is 10.2. The second kappa shape index (κ2) is 5.29. The Kier molecular flexibility index (Phi) is 4.67. The predicted octanol–water partition coefficient (Wildman–Crippen LogP) is -1.76. The van der Waals surface area contributed by atoms with Gasteiger partial charge in [0.25, 0.3) is 0 Å². The molecule has 1 atom stereocenters. The zero-order valence-electron chi connectivity index (χ0n) is 6.82. The highest BCUT2D eigenvalue weighted by atomic mass is 16.4. The van der Waals surface area contributed by atoms with Crippen molar-refractivity contribution in [2.45, 2.75) is 12.8 Å². The molecule has 5 nitrogen and oxygen atoms in total. The van der Waals surface area contributed by atoms with Crippen molar-refractivity contribution < 1.29 is 9.90 Å². The summed E-state index contributed by atoms with van der Waals surface area (Å²) in [6.07, 6.45) is 1.03.